The van der Waals surface area contributed by atoms with E-state index in [1.54, 1.807) is 30.3 Å². The van der Waals surface area contributed by atoms with Crippen LogP contribution >= 0.6 is 11.3 Å². The summed E-state index contributed by atoms with van der Waals surface area (Å²) < 4.78 is 195. The molecule has 0 aliphatic carbocycles. The quantitative estimate of drug-likeness (QED) is 0.184. The molecule has 0 saturated carbocycles. The van der Waals surface area contributed by atoms with Crippen LogP contribution in [0.25, 0.3) is 104 Å². The van der Waals surface area contributed by atoms with E-state index in [2.05, 4.69) is 15.0 Å². The molecule has 0 radical (unpaired) electrons. The van der Waals surface area contributed by atoms with Gasteiger partial charge in [0.2, 0.25) is 5.95 Å². The topological polar surface area (TPSA) is 56.7 Å². The second-order valence-corrected chi connectivity index (χ2v) is 12.2. The van der Waals surface area contributed by atoms with E-state index >= 15 is 0 Å². The van der Waals surface area contributed by atoms with Crippen molar-refractivity contribution in [1.82, 2.24) is 19.5 Å². The van der Waals surface area contributed by atoms with Crippen molar-refractivity contribution in [3.8, 4) is 39.9 Å². The highest BCUT2D eigenvalue weighted by Crippen LogP contribution is 2.41. The van der Waals surface area contributed by atoms with Gasteiger partial charge in [-0.25, -0.2) is 4.98 Å². The van der Waals surface area contributed by atoms with E-state index in [-0.39, 0.29) is 58.4 Å². The van der Waals surface area contributed by atoms with Crippen LogP contribution in [-0.2, 0) is 0 Å². The second-order valence-electron chi connectivity index (χ2n) is 11.2. The molecule has 0 spiro atoms. The monoisotopic (exact) mass is 691 g/mol. The Morgan fingerprint density at radius 2 is 1.29 bits per heavy atom. The van der Waals surface area contributed by atoms with Crippen LogP contribution in [0.5, 0.6) is 0 Å². The Morgan fingerprint density at radius 1 is 0.510 bits per heavy atom. The summed E-state index contributed by atoms with van der Waals surface area (Å²) in [6.07, 6.45) is 0. The summed E-state index contributed by atoms with van der Waals surface area (Å²) in [7, 11) is 0. The molecule has 0 bridgehead atoms. The van der Waals surface area contributed by atoms with Crippen molar-refractivity contribution in [3.05, 3.63) is 157 Å². The number of hydrogen-bond donors (Lipinski definition) is 0. The van der Waals surface area contributed by atoms with Crippen LogP contribution in [0.2, 0.25) is 0 Å². The number of furan rings is 1. The fraction of sp³-hybridized carbons (Fsp3) is 0. The first kappa shape index (κ1) is 14.7. The highest BCUT2D eigenvalue weighted by atomic mass is 32.1. The van der Waals surface area contributed by atoms with Crippen molar-refractivity contribution in [2.24, 2.45) is 0 Å². The van der Waals surface area contributed by atoms with E-state index < -0.39 is 167 Å². The minimum atomic E-state index is -0.824. The number of nitrogens with zero attached hydrogens (tertiary/aromatic N) is 4. The van der Waals surface area contributed by atoms with Crippen LogP contribution in [-0.4, -0.2) is 19.5 Å². The van der Waals surface area contributed by atoms with Gasteiger partial charge in [-0.2, -0.15) is 9.97 Å². The van der Waals surface area contributed by atoms with E-state index in [1.165, 1.54) is 0 Å². The van der Waals surface area contributed by atoms with Crippen molar-refractivity contribution in [2.45, 2.75) is 0 Å². The summed E-state index contributed by atoms with van der Waals surface area (Å²) >= 11 is 0.749. The lowest BCUT2D eigenvalue weighted by atomic mass is 9.99. The van der Waals surface area contributed by atoms with E-state index in [0.717, 1.165) is 15.9 Å². The lowest BCUT2D eigenvalue weighted by molar-refractivity contribution is 0.669. The van der Waals surface area contributed by atoms with Gasteiger partial charge in [-0.05, 0) is 53.4 Å². The number of hydrogen-bond acceptors (Lipinski definition) is 5. The van der Waals surface area contributed by atoms with Gasteiger partial charge in [0, 0.05) is 52.8 Å². The van der Waals surface area contributed by atoms with Gasteiger partial charge < -0.3 is 4.42 Å². The molecular formula is C45H26N4OS. The Morgan fingerprint density at radius 3 is 2.18 bits per heavy atom. The molecule has 0 unspecified atom stereocenters. The van der Waals surface area contributed by atoms with Crippen LogP contribution < -0.4 is 0 Å². The fourth-order valence-electron chi connectivity index (χ4n) is 6.13. The first-order valence-electron chi connectivity index (χ1n) is 25.7. The van der Waals surface area contributed by atoms with Crippen molar-refractivity contribution >= 4 is 75.3 Å². The number of fused-ring (bicyclic) bond motifs is 9. The van der Waals surface area contributed by atoms with Crippen molar-refractivity contribution in [2.75, 3.05) is 0 Å². The fourth-order valence-corrected chi connectivity index (χ4v) is 7.09. The molecule has 11 rings (SSSR count). The molecule has 0 atom stereocenters. The normalized spacial score (nSPS) is 17.7. The molecule has 0 amide bonds. The molecule has 4 heterocycles. The summed E-state index contributed by atoms with van der Waals surface area (Å²) in [6, 6.07) is -5.49. The largest absolute Gasteiger partial charge is 0.456 e. The minimum absolute atomic E-state index is 0.00831. The smallest absolute Gasteiger partial charge is 0.238 e. The number of benzene rings is 7. The summed E-state index contributed by atoms with van der Waals surface area (Å²) in [5.74, 6) is -2.10. The highest BCUT2D eigenvalue weighted by molar-refractivity contribution is 7.25. The summed E-state index contributed by atoms with van der Waals surface area (Å²) in [4.78, 5) is 13.6. The molecular weight excluding hydrogens is 645 g/mol. The van der Waals surface area contributed by atoms with Gasteiger partial charge in [0.05, 0.1) is 39.8 Å². The molecule has 4 aromatic heterocycles. The molecule has 0 fully saturated rings. The Balaban J connectivity index is 1.34. The summed E-state index contributed by atoms with van der Waals surface area (Å²) in [6.45, 7) is 0. The Labute approximate surface area is 325 Å². The molecule has 238 valence electrons. The summed E-state index contributed by atoms with van der Waals surface area (Å²) in [5.41, 5.74) is -2.23. The SMILES string of the molecule is [2H]c1c([2H])c([2H])c(-c2nc(-c3c([2H])c([2H])c4c(oc5c([2H])c([2H])c([2H])c(-c6ccccc6)c54)c3[2H])nc(-n3c4c([2H])c([2H])c([2H])c([2H])c4c4c([2H])c5c(sc6c([2H])c([2H])c([2H])c([2H])c65)c([2H])c43)n2)c([2H])c1[2H]. The molecule has 51 heavy (non-hydrogen) atoms. The lowest BCUT2D eigenvalue weighted by Gasteiger charge is -2.11. The van der Waals surface area contributed by atoms with Gasteiger partial charge >= 0.3 is 0 Å². The Hall–Kier alpha value is -6.63. The third-order valence-corrected chi connectivity index (χ3v) is 9.34. The van der Waals surface area contributed by atoms with Gasteiger partial charge in [-0.3, -0.25) is 4.57 Å². The second kappa shape index (κ2) is 10.9. The van der Waals surface area contributed by atoms with Gasteiger partial charge in [-0.15, -0.1) is 11.3 Å². The standard InChI is InChI=1S/C45H26N4OS/c1-3-12-27(13-4-1)30-18-11-20-38-42(30)33-23-22-29(24-39(33)50-38)44-46-43(28-14-5-2-6-15-28)47-45(48-44)49-36-19-9-7-16-31(36)34-25-35-32-17-8-10-21-40(32)51-41(35)26-37(34)49/h1-26H/i2D,5D,6D,7D,8D,9D,10D,11D,14D,15D,16D,17D,18D,19D,20D,21D,22D,23D,24D,25D,26D. The maximum atomic E-state index is 9.76. The molecule has 0 aliphatic rings. The van der Waals surface area contributed by atoms with Gasteiger partial charge in [0.1, 0.15) is 11.2 Å². The van der Waals surface area contributed by atoms with Crippen molar-refractivity contribution < 1.29 is 33.2 Å². The Bertz CT molecular complexity index is 4330. The zero-order valence-corrected chi connectivity index (χ0v) is 26.3. The van der Waals surface area contributed by atoms with Crippen molar-refractivity contribution in [1.29, 1.82) is 0 Å². The molecule has 0 aliphatic heterocycles. The van der Waals surface area contributed by atoms with Crippen molar-refractivity contribution in [3.63, 3.8) is 0 Å². The van der Waals surface area contributed by atoms with E-state index in [0.29, 0.717) is 5.56 Å². The maximum absolute atomic E-state index is 9.76. The third kappa shape index (κ3) is 4.37. The van der Waals surface area contributed by atoms with Gasteiger partial charge in [-0.1, -0.05) is 115 Å². The van der Waals surface area contributed by atoms with Crippen LogP contribution in [0.3, 0.4) is 0 Å². The average Bonchev–Trinajstić information content (AvgIpc) is 4.08. The zero-order valence-electron chi connectivity index (χ0n) is 46.5. The number of thiophene rings is 1. The lowest BCUT2D eigenvalue weighted by Crippen LogP contribution is -2.06. The number of para-hydroxylation sites is 1. The first-order valence-corrected chi connectivity index (χ1v) is 16.1. The van der Waals surface area contributed by atoms with Crippen LogP contribution in [0.1, 0.15) is 28.8 Å². The van der Waals surface area contributed by atoms with Crippen LogP contribution in [0.4, 0.5) is 0 Å². The molecule has 0 N–H and O–H groups in total. The summed E-state index contributed by atoms with van der Waals surface area (Å²) in [5, 5.41) is -1.09. The maximum Gasteiger partial charge on any atom is 0.238 e. The molecule has 0 saturated heterocycles. The molecule has 7 aromatic carbocycles. The predicted molar refractivity (Wildman–Crippen MR) is 211 cm³/mol. The molecule has 5 nitrogen and oxygen atoms in total. The molecule has 11 aromatic rings. The van der Waals surface area contributed by atoms with Gasteiger partial charge in [0.15, 0.2) is 11.6 Å². The highest BCUT2D eigenvalue weighted by Gasteiger charge is 2.20. The first-order chi connectivity index (χ1) is 34.0. The van der Waals surface area contributed by atoms with E-state index in [1.807, 2.05) is 0 Å². The van der Waals surface area contributed by atoms with Crippen LogP contribution in [0, 0.1) is 0 Å². The van der Waals surface area contributed by atoms with Gasteiger partial charge in [0.25, 0.3) is 0 Å². The Kier molecular flexibility index (Phi) is 3.15. The van der Waals surface area contributed by atoms with E-state index in [4.69, 9.17) is 25.0 Å². The number of rotatable bonds is 4. The van der Waals surface area contributed by atoms with Crippen LogP contribution in [0.15, 0.2) is 162 Å². The molecule has 6 heteroatoms. The minimum Gasteiger partial charge on any atom is -0.456 e. The third-order valence-electron chi connectivity index (χ3n) is 8.32. The zero-order chi connectivity index (χ0) is 51.7. The number of aromatic nitrogens is 4. The predicted octanol–water partition coefficient (Wildman–Crippen LogP) is 12.2. The van der Waals surface area contributed by atoms with E-state index in [9.17, 15) is 8.22 Å². The average molecular weight is 692 g/mol.